The maximum Gasteiger partial charge on any atom is 0.239 e. The highest BCUT2D eigenvalue weighted by molar-refractivity contribution is 5.85. The van der Waals surface area contributed by atoms with Crippen LogP contribution in [0.5, 0.6) is 0 Å². The van der Waals surface area contributed by atoms with E-state index < -0.39 is 5.54 Å². The molecule has 0 bridgehead atoms. The Kier molecular flexibility index (Phi) is 5.97. The fourth-order valence-electron chi connectivity index (χ4n) is 1.48. The number of likely N-dealkylation sites (N-methyl/N-ethyl adjacent to an activating group) is 1. The Morgan fingerprint density at radius 2 is 1.75 bits per heavy atom. The maximum atomic E-state index is 11.9. The lowest BCUT2D eigenvalue weighted by atomic mass is 10.0. The van der Waals surface area contributed by atoms with E-state index in [1.165, 1.54) is 0 Å². The third-order valence-corrected chi connectivity index (χ3v) is 2.40. The molecule has 0 radical (unpaired) electrons. The van der Waals surface area contributed by atoms with Crippen molar-refractivity contribution in [3.63, 3.8) is 0 Å². The second-order valence-corrected chi connectivity index (χ2v) is 5.03. The molecule has 0 aromatic carbocycles. The minimum Gasteiger partial charge on any atom is -0.374 e. The molecular weight excluding hydrogens is 204 g/mol. The van der Waals surface area contributed by atoms with Gasteiger partial charge in [0.05, 0.1) is 11.1 Å². The molecule has 0 fully saturated rings. The molecule has 0 spiro atoms. The van der Waals surface area contributed by atoms with Crippen LogP contribution in [0, 0.1) is 0 Å². The highest BCUT2D eigenvalue weighted by atomic mass is 16.5. The molecule has 16 heavy (non-hydrogen) atoms. The van der Waals surface area contributed by atoms with E-state index in [2.05, 4.69) is 10.6 Å². The Morgan fingerprint density at radius 1 is 1.19 bits per heavy atom. The third-order valence-electron chi connectivity index (χ3n) is 2.40. The number of hydrogen-bond acceptors (Lipinski definition) is 3. The number of amides is 1. The van der Waals surface area contributed by atoms with Crippen molar-refractivity contribution in [2.75, 3.05) is 19.7 Å². The van der Waals surface area contributed by atoms with Crippen molar-refractivity contribution in [2.45, 2.75) is 52.7 Å². The van der Waals surface area contributed by atoms with Gasteiger partial charge in [0.1, 0.15) is 0 Å². The molecule has 0 saturated heterocycles. The van der Waals surface area contributed by atoms with Gasteiger partial charge in [-0.25, -0.2) is 0 Å². The summed E-state index contributed by atoms with van der Waals surface area (Å²) in [6, 6.07) is 0. The molecule has 0 unspecified atom stereocenters. The Hall–Kier alpha value is -0.610. The molecule has 2 N–H and O–H groups in total. The quantitative estimate of drug-likeness (QED) is 0.693. The van der Waals surface area contributed by atoms with Crippen molar-refractivity contribution in [2.24, 2.45) is 0 Å². The summed E-state index contributed by atoms with van der Waals surface area (Å²) in [7, 11) is 0. The molecule has 4 nitrogen and oxygen atoms in total. The summed E-state index contributed by atoms with van der Waals surface area (Å²) in [5.41, 5.74) is -0.844. The largest absolute Gasteiger partial charge is 0.374 e. The minimum atomic E-state index is -0.531. The number of hydrogen-bond donors (Lipinski definition) is 2. The average Bonchev–Trinajstić information content (AvgIpc) is 2.14. The first kappa shape index (κ1) is 15.4. The summed E-state index contributed by atoms with van der Waals surface area (Å²) in [5.74, 6) is 0.00197. The fraction of sp³-hybridized carbons (Fsp3) is 0.917. The van der Waals surface area contributed by atoms with Gasteiger partial charge in [0.25, 0.3) is 0 Å². The molecule has 0 heterocycles. The number of rotatable bonds is 7. The van der Waals surface area contributed by atoms with Crippen molar-refractivity contribution in [1.82, 2.24) is 10.6 Å². The van der Waals surface area contributed by atoms with Crippen LogP contribution in [0.4, 0.5) is 0 Å². The van der Waals surface area contributed by atoms with Gasteiger partial charge >= 0.3 is 0 Å². The van der Waals surface area contributed by atoms with Gasteiger partial charge in [-0.3, -0.25) is 4.79 Å². The Labute approximate surface area is 99.1 Å². The van der Waals surface area contributed by atoms with Crippen LogP contribution in [0.1, 0.15) is 41.5 Å². The molecule has 96 valence electrons. The Bertz CT molecular complexity index is 225. The SMILES string of the molecule is CCNC(C)(C)C(=O)NCC(C)(C)OCC. The molecule has 0 aromatic heterocycles. The second kappa shape index (κ2) is 6.21. The first-order valence-electron chi connectivity index (χ1n) is 5.92. The zero-order chi connectivity index (χ0) is 12.8. The predicted molar refractivity (Wildman–Crippen MR) is 66.5 cm³/mol. The van der Waals surface area contributed by atoms with E-state index in [1.807, 2.05) is 41.5 Å². The highest BCUT2D eigenvalue weighted by Gasteiger charge is 2.28. The van der Waals surface area contributed by atoms with Crippen LogP contribution in [-0.4, -0.2) is 36.7 Å². The highest BCUT2D eigenvalue weighted by Crippen LogP contribution is 2.08. The lowest BCUT2D eigenvalue weighted by Crippen LogP contribution is -2.55. The van der Waals surface area contributed by atoms with Crippen molar-refractivity contribution in [3.8, 4) is 0 Å². The number of carbonyl (C=O) groups is 1. The molecule has 0 aliphatic carbocycles. The summed E-state index contributed by atoms with van der Waals surface area (Å²) >= 11 is 0. The van der Waals surface area contributed by atoms with Crippen LogP contribution in [0.2, 0.25) is 0 Å². The Balaban J connectivity index is 4.16. The molecule has 0 aromatic rings. The average molecular weight is 230 g/mol. The van der Waals surface area contributed by atoms with E-state index in [9.17, 15) is 4.79 Å². The molecule has 1 amide bonds. The van der Waals surface area contributed by atoms with Gasteiger partial charge in [-0.15, -0.1) is 0 Å². The van der Waals surface area contributed by atoms with E-state index in [-0.39, 0.29) is 11.5 Å². The van der Waals surface area contributed by atoms with E-state index in [1.54, 1.807) is 0 Å². The van der Waals surface area contributed by atoms with Gasteiger partial charge < -0.3 is 15.4 Å². The van der Waals surface area contributed by atoms with Crippen LogP contribution in [-0.2, 0) is 9.53 Å². The van der Waals surface area contributed by atoms with Crippen molar-refractivity contribution in [3.05, 3.63) is 0 Å². The fourth-order valence-corrected chi connectivity index (χ4v) is 1.48. The molecular formula is C12H26N2O2. The molecule has 4 heteroatoms. The smallest absolute Gasteiger partial charge is 0.239 e. The van der Waals surface area contributed by atoms with Crippen molar-refractivity contribution < 1.29 is 9.53 Å². The van der Waals surface area contributed by atoms with Crippen LogP contribution < -0.4 is 10.6 Å². The van der Waals surface area contributed by atoms with Gasteiger partial charge in [-0.05, 0) is 41.2 Å². The van der Waals surface area contributed by atoms with E-state index in [0.717, 1.165) is 6.54 Å². The first-order valence-corrected chi connectivity index (χ1v) is 5.92. The molecule has 0 rings (SSSR count). The van der Waals surface area contributed by atoms with Gasteiger partial charge in [-0.2, -0.15) is 0 Å². The van der Waals surface area contributed by atoms with Crippen LogP contribution in [0.25, 0.3) is 0 Å². The molecule has 0 aliphatic heterocycles. The number of ether oxygens (including phenoxy) is 1. The molecule has 0 saturated carbocycles. The minimum absolute atomic E-state index is 0.00197. The lowest BCUT2D eigenvalue weighted by molar-refractivity contribution is -0.128. The molecule has 0 atom stereocenters. The second-order valence-electron chi connectivity index (χ2n) is 5.03. The van der Waals surface area contributed by atoms with E-state index >= 15 is 0 Å². The monoisotopic (exact) mass is 230 g/mol. The number of carbonyl (C=O) groups excluding carboxylic acids is 1. The maximum absolute atomic E-state index is 11.9. The zero-order valence-corrected chi connectivity index (χ0v) is 11.4. The Morgan fingerprint density at radius 3 is 2.19 bits per heavy atom. The normalized spacial score (nSPS) is 12.6. The van der Waals surface area contributed by atoms with Gasteiger partial charge in [-0.1, -0.05) is 6.92 Å². The summed E-state index contributed by atoms with van der Waals surface area (Å²) in [5, 5.41) is 6.04. The first-order chi connectivity index (χ1) is 7.25. The van der Waals surface area contributed by atoms with Crippen LogP contribution in [0.15, 0.2) is 0 Å². The van der Waals surface area contributed by atoms with Gasteiger partial charge in [0.15, 0.2) is 0 Å². The summed E-state index contributed by atoms with van der Waals surface area (Å²) in [6.07, 6.45) is 0. The van der Waals surface area contributed by atoms with E-state index in [0.29, 0.717) is 13.2 Å². The standard InChI is InChI=1S/C12H26N2O2/c1-7-14-12(5,6)10(15)13-9-11(3,4)16-8-2/h14H,7-9H2,1-6H3,(H,13,15). The zero-order valence-electron chi connectivity index (χ0n) is 11.4. The van der Waals surface area contributed by atoms with Crippen molar-refractivity contribution in [1.29, 1.82) is 0 Å². The van der Waals surface area contributed by atoms with Crippen LogP contribution in [0.3, 0.4) is 0 Å². The van der Waals surface area contributed by atoms with Gasteiger partial charge in [0.2, 0.25) is 5.91 Å². The topological polar surface area (TPSA) is 50.4 Å². The lowest BCUT2D eigenvalue weighted by Gasteiger charge is -2.29. The summed E-state index contributed by atoms with van der Waals surface area (Å²) < 4.78 is 5.52. The number of nitrogens with one attached hydrogen (secondary N) is 2. The van der Waals surface area contributed by atoms with Crippen LogP contribution >= 0.6 is 0 Å². The molecule has 0 aliphatic rings. The van der Waals surface area contributed by atoms with E-state index in [4.69, 9.17) is 4.74 Å². The summed E-state index contributed by atoms with van der Waals surface area (Å²) in [6.45, 7) is 13.6. The van der Waals surface area contributed by atoms with Gasteiger partial charge in [0, 0.05) is 13.2 Å². The predicted octanol–water partition coefficient (Wildman–Crippen LogP) is 1.31. The van der Waals surface area contributed by atoms with Crippen molar-refractivity contribution >= 4 is 5.91 Å². The third kappa shape index (κ3) is 5.47. The summed E-state index contributed by atoms with van der Waals surface area (Å²) in [4.78, 5) is 11.9.